The molecular weight excluding hydrogens is 465 g/mol. The highest BCUT2D eigenvalue weighted by molar-refractivity contribution is 6.30. The van der Waals surface area contributed by atoms with E-state index in [4.69, 9.17) is 25.9 Å². The van der Waals surface area contributed by atoms with Crippen LogP contribution in [0.4, 0.5) is 13.2 Å². The number of allylic oxidation sites excluding steroid dienone is 2. The van der Waals surface area contributed by atoms with E-state index in [9.17, 15) is 13.2 Å². The van der Waals surface area contributed by atoms with Crippen LogP contribution in [0.15, 0.2) is 58.7 Å². The smallest absolute Gasteiger partial charge is 0.491 e. The number of nitrogens with one attached hydrogen (secondary N) is 2. The number of rotatable bonds is 10. The Bertz CT molecular complexity index is 908. The second-order valence-electron chi connectivity index (χ2n) is 7.31. The third kappa shape index (κ3) is 7.95. The molecule has 0 radical (unpaired) electrons. The van der Waals surface area contributed by atoms with E-state index in [1.54, 1.807) is 0 Å². The average Bonchev–Trinajstić information content (AvgIpc) is 2.75. The summed E-state index contributed by atoms with van der Waals surface area (Å²) < 4.78 is 52.0. The Morgan fingerprint density at radius 3 is 2.76 bits per heavy atom. The molecule has 8 nitrogen and oxygen atoms in total. The summed E-state index contributed by atoms with van der Waals surface area (Å²) in [6.07, 6.45) is -0.953. The average molecular weight is 491 g/mol. The summed E-state index contributed by atoms with van der Waals surface area (Å²) in [6, 6.07) is 5.32. The maximum Gasteiger partial charge on any atom is 0.573 e. The molecule has 0 fully saturated rings. The fourth-order valence-corrected chi connectivity index (χ4v) is 3.24. The number of hydrogen-bond acceptors (Lipinski definition) is 8. The highest BCUT2D eigenvalue weighted by Crippen LogP contribution is 2.26. The summed E-state index contributed by atoms with van der Waals surface area (Å²) >= 11 is 5.98. The van der Waals surface area contributed by atoms with Crippen molar-refractivity contribution in [2.45, 2.75) is 6.36 Å². The van der Waals surface area contributed by atoms with Crippen molar-refractivity contribution >= 4 is 11.6 Å². The van der Waals surface area contributed by atoms with E-state index < -0.39 is 6.36 Å². The van der Waals surface area contributed by atoms with Crippen LogP contribution in [-0.2, 0) is 9.57 Å². The molecule has 0 bridgehead atoms. The third-order valence-corrected chi connectivity index (χ3v) is 4.92. The van der Waals surface area contributed by atoms with Crippen LogP contribution in [0.5, 0.6) is 11.5 Å². The van der Waals surface area contributed by atoms with Gasteiger partial charge in [0, 0.05) is 30.9 Å². The predicted molar refractivity (Wildman–Crippen MR) is 116 cm³/mol. The summed E-state index contributed by atoms with van der Waals surface area (Å²) in [4.78, 5) is 9.44. The van der Waals surface area contributed by atoms with Gasteiger partial charge in [-0.05, 0) is 24.3 Å². The van der Waals surface area contributed by atoms with Gasteiger partial charge in [0.15, 0.2) is 0 Å². The Balaban J connectivity index is 1.51. The zero-order valence-corrected chi connectivity index (χ0v) is 19.0. The molecule has 2 aliphatic rings. The molecule has 182 valence electrons. The van der Waals surface area contributed by atoms with Gasteiger partial charge >= 0.3 is 6.36 Å². The summed E-state index contributed by atoms with van der Waals surface area (Å²) in [7, 11) is 3.81. The van der Waals surface area contributed by atoms with Gasteiger partial charge in [-0.25, -0.2) is 5.48 Å². The van der Waals surface area contributed by atoms with Crippen LogP contribution in [0.3, 0.4) is 0 Å². The Morgan fingerprint density at radius 1 is 1.24 bits per heavy atom. The van der Waals surface area contributed by atoms with Gasteiger partial charge in [0.25, 0.3) is 0 Å². The van der Waals surface area contributed by atoms with Crippen molar-refractivity contribution in [3.8, 4) is 11.5 Å². The Morgan fingerprint density at radius 2 is 2.03 bits per heavy atom. The number of nitrogens with zero attached hydrogens (tertiary/aromatic N) is 2. The zero-order chi connectivity index (χ0) is 23.8. The van der Waals surface area contributed by atoms with Crippen LogP contribution in [0.1, 0.15) is 0 Å². The number of dihydropyridines is 1. The van der Waals surface area contributed by atoms with Crippen molar-refractivity contribution in [3.63, 3.8) is 0 Å². The standard InChI is InChI=1S/C21H26ClF3N4O4/c1-28(12-16-7-6-15(22)11-26-16)19-13-30-14-29(2)20(19)27-32-9-8-31-17-4-3-5-18(10-17)33-21(23,24)25/h3-7,10,26-27H,8-9,11-14H2,1-2H3. The van der Waals surface area contributed by atoms with Gasteiger partial charge in [-0.15, -0.1) is 13.2 Å². The first-order chi connectivity index (χ1) is 15.7. The van der Waals surface area contributed by atoms with Gasteiger partial charge < -0.3 is 29.3 Å². The lowest BCUT2D eigenvalue weighted by molar-refractivity contribution is -0.274. The van der Waals surface area contributed by atoms with Crippen LogP contribution in [0.2, 0.25) is 0 Å². The van der Waals surface area contributed by atoms with Gasteiger partial charge in [-0.3, -0.25) is 4.84 Å². The van der Waals surface area contributed by atoms with Gasteiger partial charge in [0.2, 0.25) is 0 Å². The lowest BCUT2D eigenvalue weighted by atomic mass is 10.2. The predicted octanol–water partition coefficient (Wildman–Crippen LogP) is 3.12. The fraction of sp³-hybridized carbons (Fsp3) is 0.429. The molecule has 2 heterocycles. The van der Waals surface area contributed by atoms with Crippen molar-refractivity contribution in [1.29, 1.82) is 0 Å². The molecule has 0 spiro atoms. The van der Waals surface area contributed by atoms with E-state index in [0.29, 0.717) is 26.4 Å². The number of hydrogen-bond donors (Lipinski definition) is 2. The quantitative estimate of drug-likeness (QED) is 0.383. The molecule has 33 heavy (non-hydrogen) atoms. The maximum atomic E-state index is 12.3. The van der Waals surface area contributed by atoms with Crippen LogP contribution < -0.4 is 20.3 Å². The number of halogens is 4. The third-order valence-electron chi connectivity index (χ3n) is 4.66. The first-order valence-electron chi connectivity index (χ1n) is 10.1. The van der Waals surface area contributed by atoms with Gasteiger partial charge in [-0.2, -0.15) is 0 Å². The van der Waals surface area contributed by atoms with Crippen molar-refractivity contribution in [2.75, 3.05) is 53.7 Å². The summed E-state index contributed by atoms with van der Waals surface area (Å²) in [6.45, 7) is 2.28. The van der Waals surface area contributed by atoms with E-state index in [-0.39, 0.29) is 24.7 Å². The molecule has 2 N–H and O–H groups in total. The molecule has 0 amide bonds. The molecule has 12 heteroatoms. The van der Waals surface area contributed by atoms with E-state index in [2.05, 4.69) is 15.5 Å². The van der Waals surface area contributed by atoms with Crippen molar-refractivity contribution in [3.05, 3.63) is 58.7 Å². The number of alkyl halides is 3. The first kappa shape index (κ1) is 24.9. The molecule has 0 atom stereocenters. The summed E-state index contributed by atoms with van der Waals surface area (Å²) in [5, 5.41) is 4.01. The zero-order valence-electron chi connectivity index (χ0n) is 18.2. The molecule has 0 saturated heterocycles. The van der Waals surface area contributed by atoms with Crippen molar-refractivity contribution in [2.24, 2.45) is 0 Å². The molecule has 0 unspecified atom stereocenters. The molecule has 1 aromatic rings. The summed E-state index contributed by atoms with van der Waals surface area (Å²) in [5.74, 6) is 0.640. The van der Waals surface area contributed by atoms with E-state index >= 15 is 0 Å². The van der Waals surface area contributed by atoms with E-state index in [1.165, 1.54) is 24.3 Å². The van der Waals surface area contributed by atoms with Gasteiger partial charge in [0.1, 0.15) is 37.3 Å². The van der Waals surface area contributed by atoms with Gasteiger partial charge in [0.05, 0.1) is 25.4 Å². The highest BCUT2D eigenvalue weighted by Gasteiger charge is 2.31. The molecule has 0 aromatic heterocycles. The second kappa shape index (κ2) is 11.4. The first-order valence-corrected chi connectivity index (χ1v) is 10.5. The minimum absolute atomic E-state index is 0.116. The lowest BCUT2D eigenvalue weighted by Gasteiger charge is -2.35. The maximum absolute atomic E-state index is 12.3. The lowest BCUT2D eigenvalue weighted by Crippen LogP contribution is -2.42. The normalized spacial score (nSPS) is 16.6. The largest absolute Gasteiger partial charge is 0.573 e. The Labute approximate surface area is 195 Å². The van der Waals surface area contributed by atoms with Crippen molar-refractivity contribution < 1.29 is 32.2 Å². The fourth-order valence-electron chi connectivity index (χ4n) is 3.11. The number of likely N-dealkylation sites (N-methyl/N-ethyl adjacent to an activating group) is 1. The van der Waals surface area contributed by atoms with E-state index in [0.717, 1.165) is 22.2 Å². The molecular formula is C21H26ClF3N4O4. The molecule has 1 aromatic carbocycles. The number of benzene rings is 1. The molecule has 0 saturated carbocycles. The second-order valence-corrected chi connectivity index (χ2v) is 7.79. The molecule has 0 aliphatic carbocycles. The summed E-state index contributed by atoms with van der Waals surface area (Å²) in [5.41, 5.74) is 4.85. The van der Waals surface area contributed by atoms with Crippen molar-refractivity contribution in [1.82, 2.24) is 20.6 Å². The Kier molecular flexibility index (Phi) is 8.59. The molecule has 3 rings (SSSR count). The number of ether oxygens (including phenoxy) is 3. The van der Waals surface area contributed by atoms with Crippen LogP contribution in [0, 0.1) is 0 Å². The molecule has 2 aliphatic heterocycles. The van der Waals surface area contributed by atoms with Crippen LogP contribution in [-0.4, -0.2) is 69.9 Å². The monoisotopic (exact) mass is 490 g/mol. The minimum Gasteiger partial charge on any atom is -0.491 e. The van der Waals surface area contributed by atoms with E-state index in [1.807, 2.05) is 36.0 Å². The van der Waals surface area contributed by atoms with Crippen LogP contribution >= 0.6 is 11.6 Å². The Hall–Kier alpha value is -2.76. The minimum atomic E-state index is -4.76. The van der Waals surface area contributed by atoms with Gasteiger partial charge in [-0.1, -0.05) is 17.7 Å². The highest BCUT2D eigenvalue weighted by atomic mass is 35.5. The SMILES string of the molecule is CN(CC1=CC=C(Cl)CN1)C1=C(NOCCOc2cccc(OC(F)(F)F)c2)N(C)COC1. The topological polar surface area (TPSA) is 67.5 Å². The van der Waals surface area contributed by atoms with Crippen LogP contribution in [0.25, 0.3) is 0 Å². The number of hydroxylamine groups is 1.